The van der Waals surface area contributed by atoms with Crippen molar-refractivity contribution in [1.82, 2.24) is 0 Å². The van der Waals surface area contributed by atoms with Gasteiger partial charge in [0.25, 0.3) is 0 Å². The topological polar surface area (TPSA) is 0 Å². The van der Waals surface area contributed by atoms with Gasteiger partial charge in [-0.2, -0.15) is 0 Å². The standard InChI is InChI=1S/C16H23Br/c1-4-7-15(17)13-10-11-16(2,3)14-9-6-5-8-12(13)14/h5-6,8-9,13,15H,4,7,10-11H2,1-3H3. The molecule has 2 rings (SSSR count). The normalized spacial score (nSPS) is 24.1. The van der Waals surface area contributed by atoms with Crippen LogP contribution in [0.25, 0.3) is 0 Å². The molecule has 0 spiro atoms. The van der Waals surface area contributed by atoms with Crippen molar-refractivity contribution in [2.75, 3.05) is 0 Å². The van der Waals surface area contributed by atoms with Crippen LogP contribution in [0.3, 0.4) is 0 Å². The Morgan fingerprint density at radius 2 is 2.06 bits per heavy atom. The third-order valence-electron chi connectivity index (χ3n) is 4.17. The van der Waals surface area contributed by atoms with E-state index in [2.05, 4.69) is 61.0 Å². The zero-order valence-corrected chi connectivity index (χ0v) is 12.8. The van der Waals surface area contributed by atoms with Gasteiger partial charge in [0.2, 0.25) is 0 Å². The van der Waals surface area contributed by atoms with Gasteiger partial charge in [-0.1, -0.05) is 67.4 Å². The van der Waals surface area contributed by atoms with Crippen LogP contribution < -0.4 is 0 Å². The fraction of sp³-hybridized carbons (Fsp3) is 0.625. The minimum atomic E-state index is 0.353. The lowest BCUT2D eigenvalue weighted by molar-refractivity contribution is 0.383. The largest absolute Gasteiger partial charge is 0.0884 e. The van der Waals surface area contributed by atoms with Gasteiger partial charge in [0.15, 0.2) is 0 Å². The molecule has 1 aromatic carbocycles. The third-order valence-corrected chi connectivity index (χ3v) is 5.27. The SMILES string of the molecule is CCCC(Br)C1CCC(C)(C)c2ccccc21. The Bertz CT molecular complexity index is 381. The highest BCUT2D eigenvalue weighted by atomic mass is 79.9. The molecule has 0 aliphatic heterocycles. The molecule has 0 nitrogen and oxygen atoms in total. The third kappa shape index (κ3) is 2.59. The molecule has 0 saturated heterocycles. The highest BCUT2D eigenvalue weighted by Gasteiger charge is 2.34. The van der Waals surface area contributed by atoms with Gasteiger partial charge in [0.05, 0.1) is 0 Å². The highest BCUT2D eigenvalue weighted by molar-refractivity contribution is 9.09. The van der Waals surface area contributed by atoms with Crippen molar-refractivity contribution >= 4 is 15.9 Å². The van der Waals surface area contributed by atoms with Crippen LogP contribution in [0.15, 0.2) is 24.3 Å². The lowest BCUT2D eigenvalue weighted by Gasteiger charge is -2.39. The molecule has 1 aromatic rings. The molecule has 94 valence electrons. The second kappa shape index (κ2) is 5.14. The molecular weight excluding hydrogens is 272 g/mol. The molecule has 1 aliphatic carbocycles. The maximum absolute atomic E-state index is 3.91. The molecule has 0 bridgehead atoms. The Balaban J connectivity index is 2.35. The maximum Gasteiger partial charge on any atom is 0.0214 e. The number of hydrogen-bond acceptors (Lipinski definition) is 0. The van der Waals surface area contributed by atoms with Crippen LogP contribution in [-0.4, -0.2) is 4.83 Å². The van der Waals surface area contributed by atoms with Gasteiger partial charge >= 0.3 is 0 Å². The van der Waals surface area contributed by atoms with Crippen LogP contribution in [0.5, 0.6) is 0 Å². The van der Waals surface area contributed by atoms with Crippen molar-refractivity contribution in [3.63, 3.8) is 0 Å². The Kier molecular flexibility index (Phi) is 3.97. The number of halogens is 1. The van der Waals surface area contributed by atoms with E-state index in [-0.39, 0.29) is 0 Å². The van der Waals surface area contributed by atoms with Gasteiger partial charge in [0, 0.05) is 4.83 Å². The first-order valence-corrected chi connectivity index (χ1v) is 7.71. The summed E-state index contributed by atoms with van der Waals surface area (Å²) in [6.07, 6.45) is 5.16. The zero-order valence-electron chi connectivity index (χ0n) is 11.2. The summed E-state index contributed by atoms with van der Waals surface area (Å²) in [5.74, 6) is 0.708. The summed E-state index contributed by atoms with van der Waals surface area (Å²) in [6.45, 7) is 7.03. The first-order chi connectivity index (χ1) is 8.06. The summed E-state index contributed by atoms with van der Waals surface area (Å²) < 4.78 is 0. The lowest BCUT2D eigenvalue weighted by atomic mass is 9.68. The average molecular weight is 295 g/mol. The Morgan fingerprint density at radius 1 is 1.35 bits per heavy atom. The van der Waals surface area contributed by atoms with E-state index in [1.54, 1.807) is 11.1 Å². The van der Waals surface area contributed by atoms with Crippen LogP contribution in [0.1, 0.15) is 63.5 Å². The summed E-state index contributed by atoms with van der Waals surface area (Å²) >= 11 is 3.91. The van der Waals surface area contributed by atoms with Gasteiger partial charge < -0.3 is 0 Å². The van der Waals surface area contributed by atoms with E-state index in [4.69, 9.17) is 0 Å². The van der Waals surface area contributed by atoms with Crippen molar-refractivity contribution in [1.29, 1.82) is 0 Å². The average Bonchev–Trinajstić information content (AvgIpc) is 2.29. The molecule has 0 N–H and O–H groups in total. The fourth-order valence-electron chi connectivity index (χ4n) is 3.10. The molecular formula is C16H23Br. The molecule has 0 fully saturated rings. The minimum absolute atomic E-state index is 0.353. The lowest BCUT2D eigenvalue weighted by Crippen LogP contribution is -2.29. The van der Waals surface area contributed by atoms with E-state index in [9.17, 15) is 0 Å². The van der Waals surface area contributed by atoms with Gasteiger partial charge in [-0.25, -0.2) is 0 Å². The Morgan fingerprint density at radius 3 is 2.76 bits per heavy atom. The second-order valence-corrected chi connectivity index (χ2v) is 7.10. The first-order valence-electron chi connectivity index (χ1n) is 6.79. The second-order valence-electron chi connectivity index (χ2n) is 5.92. The molecule has 0 amide bonds. The summed E-state index contributed by atoms with van der Waals surface area (Å²) in [5, 5.41) is 0. The molecule has 0 radical (unpaired) electrons. The summed E-state index contributed by atoms with van der Waals surface area (Å²) in [6, 6.07) is 9.04. The van der Waals surface area contributed by atoms with E-state index in [1.165, 1.54) is 25.7 Å². The quantitative estimate of drug-likeness (QED) is 0.654. The van der Waals surface area contributed by atoms with E-state index < -0.39 is 0 Å². The molecule has 0 saturated carbocycles. The van der Waals surface area contributed by atoms with Crippen molar-refractivity contribution in [2.45, 2.75) is 62.6 Å². The van der Waals surface area contributed by atoms with Gasteiger partial charge in [-0.05, 0) is 41.7 Å². The summed E-state index contributed by atoms with van der Waals surface area (Å²) in [4.78, 5) is 0.643. The highest BCUT2D eigenvalue weighted by Crippen LogP contribution is 2.45. The number of benzene rings is 1. The summed E-state index contributed by atoms with van der Waals surface area (Å²) in [7, 11) is 0. The van der Waals surface area contributed by atoms with Gasteiger partial charge in [-0.15, -0.1) is 0 Å². The van der Waals surface area contributed by atoms with Crippen molar-refractivity contribution < 1.29 is 0 Å². The predicted octanol–water partition coefficient (Wildman–Crippen LogP) is 5.41. The number of hydrogen-bond donors (Lipinski definition) is 0. The zero-order chi connectivity index (χ0) is 12.5. The molecule has 2 atom stereocenters. The molecule has 0 heterocycles. The Labute approximate surface area is 114 Å². The molecule has 1 aliphatic rings. The van der Waals surface area contributed by atoms with Crippen LogP contribution >= 0.6 is 15.9 Å². The summed E-state index contributed by atoms with van der Waals surface area (Å²) in [5.41, 5.74) is 3.50. The van der Waals surface area contributed by atoms with Crippen LogP contribution in [0, 0.1) is 0 Å². The molecule has 17 heavy (non-hydrogen) atoms. The van der Waals surface area contributed by atoms with Crippen LogP contribution in [0.2, 0.25) is 0 Å². The van der Waals surface area contributed by atoms with Gasteiger partial charge in [0.1, 0.15) is 0 Å². The van der Waals surface area contributed by atoms with Crippen molar-refractivity contribution in [2.24, 2.45) is 0 Å². The number of alkyl halides is 1. The first kappa shape index (κ1) is 13.1. The smallest absolute Gasteiger partial charge is 0.0214 e. The van der Waals surface area contributed by atoms with E-state index in [0.717, 1.165) is 0 Å². The maximum atomic E-state index is 3.91. The monoisotopic (exact) mass is 294 g/mol. The molecule has 2 unspecified atom stereocenters. The van der Waals surface area contributed by atoms with Crippen molar-refractivity contribution in [3.05, 3.63) is 35.4 Å². The van der Waals surface area contributed by atoms with E-state index >= 15 is 0 Å². The molecule has 0 aromatic heterocycles. The number of fused-ring (bicyclic) bond motifs is 1. The fourth-order valence-corrected chi connectivity index (χ4v) is 4.10. The van der Waals surface area contributed by atoms with Gasteiger partial charge in [-0.3, -0.25) is 0 Å². The van der Waals surface area contributed by atoms with Crippen LogP contribution in [-0.2, 0) is 5.41 Å². The van der Waals surface area contributed by atoms with E-state index in [1.807, 2.05) is 0 Å². The minimum Gasteiger partial charge on any atom is -0.0884 e. The Hall–Kier alpha value is -0.300. The van der Waals surface area contributed by atoms with Crippen LogP contribution in [0.4, 0.5) is 0 Å². The van der Waals surface area contributed by atoms with E-state index in [0.29, 0.717) is 16.2 Å². The van der Waals surface area contributed by atoms with Crippen molar-refractivity contribution in [3.8, 4) is 0 Å². The molecule has 1 heteroatoms. The number of rotatable bonds is 3. The predicted molar refractivity (Wildman–Crippen MR) is 79.1 cm³/mol.